The summed E-state index contributed by atoms with van der Waals surface area (Å²) in [6.45, 7) is 0. The minimum absolute atomic E-state index is 0.629. The van der Waals surface area contributed by atoms with E-state index in [0.29, 0.717) is 40.0 Å². The third-order valence-electron chi connectivity index (χ3n) is 11.7. The quantitative estimate of drug-likeness (QED) is 0.151. The average Bonchev–Trinajstić information content (AvgIpc) is 3.76. The summed E-state index contributed by atoms with van der Waals surface area (Å²) in [5, 5.41) is 3.15. The number of hydrogen-bond acceptors (Lipinski definition) is 6. The molecule has 3 heterocycles. The van der Waals surface area contributed by atoms with E-state index in [1.807, 2.05) is 146 Å². The molecule has 0 aliphatic carbocycles. The van der Waals surface area contributed by atoms with Gasteiger partial charge in [0.05, 0.1) is 11.0 Å². The molecule has 68 heavy (non-hydrogen) atoms. The van der Waals surface area contributed by atoms with E-state index >= 15 is 0 Å². The Morgan fingerprint density at radius 2 is 0.559 bits per heavy atom. The Morgan fingerprint density at radius 3 is 0.971 bits per heavy atom. The van der Waals surface area contributed by atoms with Crippen LogP contribution < -0.4 is 0 Å². The maximum Gasteiger partial charge on any atom is 0.164 e. The molecule has 0 unspecified atom stereocenters. The van der Waals surface area contributed by atoms with E-state index in [2.05, 4.69) is 117 Å². The molecule has 0 bridgehead atoms. The molecule has 0 N–H and O–H groups in total. The van der Waals surface area contributed by atoms with Gasteiger partial charge in [0.15, 0.2) is 34.9 Å². The van der Waals surface area contributed by atoms with Gasteiger partial charge in [-0.15, -0.1) is 0 Å². The summed E-state index contributed by atoms with van der Waals surface area (Å²) in [5.74, 6) is 3.90. The van der Waals surface area contributed by atoms with Crippen LogP contribution >= 0.6 is 11.6 Å². The minimum Gasteiger partial charge on any atom is -0.309 e. The highest BCUT2D eigenvalue weighted by atomic mass is 35.5. The van der Waals surface area contributed by atoms with E-state index in [0.717, 1.165) is 39.1 Å². The molecule has 0 saturated carbocycles. The van der Waals surface area contributed by atoms with Gasteiger partial charge in [0, 0.05) is 54.9 Å². The summed E-state index contributed by atoms with van der Waals surface area (Å²) in [7, 11) is 0. The Kier molecular flexibility index (Phi) is 11.6. The monoisotopic (exact) mass is 893 g/mol. The Hall–Kier alpha value is -8.91. The van der Waals surface area contributed by atoms with Crippen LogP contribution in [-0.2, 0) is 0 Å². The number of halogens is 1. The fraction of sp³-hybridized carbons (Fsp3) is 0. The van der Waals surface area contributed by atoms with Crippen molar-refractivity contribution < 1.29 is 0 Å². The number of rotatable bonds is 8. The molecular formula is C60H40ClN7. The second-order valence-corrected chi connectivity index (χ2v) is 16.5. The highest BCUT2D eigenvalue weighted by Crippen LogP contribution is 2.36. The fourth-order valence-corrected chi connectivity index (χ4v) is 8.42. The molecule has 322 valence electrons. The molecule has 0 fully saturated rings. The number of nitrogens with zero attached hydrogens (tertiary/aromatic N) is 7. The summed E-state index contributed by atoms with van der Waals surface area (Å²) in [6.07, 6.45) is 0. The highest BCUT2D eigenvalue weighted by Gasteiger charge is 2.16. The molecule has 7 nitrogen and oxygen atoms in total. The minimum atomic E-state index is 0.629. The molecule has 0 amide bonds. The second-order valence-electron chi connectivity index (χ2n) is 16.1. The van der Waals surface area contributed by atoms with Gasteiger partial charge in [0.25, 0.3) is 0 Å². The number of aromatic nitrogens is 7. The molecule has 12 rings (SSSR count). The van der Waals surface area contributed by atoms with Crippen molar-refractivity contribution in [3.8, 4) is 85.1 Å². The lowest BCUT2D eigenvalue weighted by atomic mass is 10.0. The van der Waals surface area contributed by atoms with Crippen molar-refractivity contribution in [1.29, 1.82) is 0 Å². The normalized spacial score (nSPS) is 11.0. The Balaban J connectivity index is 0.000000172. The molecule has 12 aromatic rings. The summed E-state index contributed by atoms with van der Waals surface area (Å²) < 4.78 is 2.33. The SMILES string of the molecule is Clc1ccc(-c2nc(-c3ccccc3)nc(-c3ccccc3)n2)cc1.c1ccc(-c2ccc3c(c2)c2ccccc2n3-c2ccc(-c3nc(-c4ccccc4)nc(-c4ccccc4)n3)cc2)cc1. The zero-order chi connectivity index (χ0) is 45.7. The van der Waals surface area contributed by atoms with Crippen LogP contribution in [0.3, 0.4) is 0 Å². The van der Waals surface area contributed by atoms with E-state index in [9.17, 15) is 0 Å². The predicted octanol–water partition coefficient (Wildman–Crippen LogP) is 15.2. The molecular weight excluding hydrogens is 854 g/mol. The van der Waals surface area contributed by atoms with Gasteiger partial charge in [0.2, 0.25) is 0 Å². The molecule has 0 radical (unpaired) electrons. The third-order valence-corrected chi connectivity index (χ3v) is 11.9. The molecule has 0 aliphatic heterocycles. The van der Waals surface area contributed by atoms with Crippen LogP contribution in [-0.4, -0.2) is 34.5 Å². The average molecular weight is 894 g/mol. The van der Waals surface area contributed by atoms with Crippen LogP contribution in [0.4, 0.5) is 0 Å². The summed E-state index contributed by atoms with van der Waals surface area (Å²) in [5.41, 5.74) is 11.5. The zero-order valence-corrected chi connectivity index (χ0v) is 37.4. The van der Waals surface area contributed by atoms with Crippen molar-refractivity contribution >= 4 is 33.4 Å². The van der Waals surface area contributed by atoms with Gasteiger partial charge in [0.1, 0.15) is 0 Å². The molecule has 0 atom stereocenters. The number of benzene rings is 9. The van der Waals surface area contributed by atoms with Crippen LogP contribution in [0.5, 0.6) is 0 Å². The van der Waals surface area contributed by atoms with Crippen LogP contribution in [0.15, 0.2) is 243 Å². The first-order chi connectivity index (χ1) is 33.6. The molecule has 0 spiro atoms. The van der Waals surface area contributed by atoms with Crippen LogP contribution in [0.25, 0.3) is 107 Å². The van der Waals surface area contributed by atoms with Gasteiger partial charge in [-0.3, -0.25) is 0 Å². The topological polar surface area (TPSA) is 82.3 Å². The van der Waals surface area contributed by atoms with E-state index in [1.54, 1.807) is 0 Å². The molecule has 8 heteroatoms. The summed E-state index contributed by atoms with van der Waals surface area (Å²) >= 11 is 6.00. The molecule has 3 aromatic heterocycles. The second kappa shape index (κ2) is 18.9. The number of para-hydroxylation sites is 1. The van der Waals surface area contributed by atoms with Gasteiger partial charge in [-0.25, -0.2) is 29.9 Å². The van der Waals surface area contributed by atoms with Crippen molar-refractivity contribution in [2.75, 3.05) is 0 Å². The molecule has 0 saturated heterocycles. The smallest absolute Gasteiger partial charge is 0.164 e. The van der Waals surface area contributed by atoms with E-state index in [4.69, 9.17) is 26.6 Å². The van der Waals surface area contributed by atoms with Crippen molar-refractivity contribution in [3.63, 3.8) is 0 Å². The standard InChI is InChI=1S/C39H26N4.C21H14ClN3/c1-4-12-27(13-5-1)31-22-25-36-34(26-31)33-18-10-11-19-35(33)43(36)32-23-20-30(21-24-32)39-41-37(28-14-6-2-7-15-28)40-38(42-39)29-16-8-3-9-17-29;22-18-13-11-17(12-14-18)21-24-19(15-7-3-1-4-8-15)23-20(25-21)16-9-5-2-6-10-16/h1-26H;1-14H. The lowest BCUT2D eigenvalue weighted by molar-refractivity contribution is 1.07. The van der Waals surface area contributed by atoms with E-state index in [-0.39, 0.29) is 0 Å². The largest absolute Gasteiger partial charge is 0.309 e. The van der Waals surface area contributed by atoms with Crippen molar-refractivity contribution in [2.45, 2.75) is 0 Å². The first-order valence-corrected chi connectivity index (χ1v) is 22.7. The van der Waals surface area contributed by atoms with E-state index in [1.165, 1.54) is 32.9 Å². The van der Waals surface area contributed by atoms with Gasteiger partial charge < -0.3 is 4.57 Å². The Labute approximate surface area is 398 Å². The number of fused-ring (bicyclic) bond motifs is 3. The van der Waals surface area contributed by atoms with Crippen LogP contribution in [0.2, 0.25) is 5.02 Å². The molecule has 9 aromatic carbocycles. The van der Waals surface area contributed by atoms with Gasteiger partial charge >= 0.3 is 0 Å². The highest BCUT2D eigenvalue weighted by molar-refractivity contribution is 6.30. The lowest BCUT2D eigenvalue weighted by Gasteiger charge is -2.11. The first kappa shape index (κ1) is 41.8. The lowest BCUT2D eigenvalue weighted by Crippen LogP contribution is -2.00. The van der Waals surface area contributed by atoms with Crippen molar-refractivity contribution in [1.82, 2.24) is 34.5 Å². The molecule has 0 aliphatic rings. The third kappa shape index (κ3) is 8.77. The summed E-state index contributed by atoms with van der Waals surface area (Å²) in [4.78, 5) is 28.6. The number of hydrogen-bond donors (Lipinski definition) is 0. The van der Waals surface area contributed by atoms with Gasteiger partial charge in [-0.05, 0) is 77.9 Å². The predicted molar refractivity (Wildman–Crippen MR) is 277 cm³/mol. The van der Waals surface area contributed by atoms with Crippen LogP contribution in [0, 0.1) is 0 Å². The zero-order valence-electron chi connectivity index (χ0n) is 36.6. The van der Waals surface area contributed by atoms with Crippen LogP contribution in [0.1, 0.15) is 0 Å². The Bertz CT molecular complexity index is 3530. The fourth-order valence-electron chi connectivity index (χ4n) is 8.30. The van der Waals surface area contributed by atoms with Gasteiger partial charge in [-0.2, -0.15) is 0 Å². The maximum atomic E-state index is 6.00. The van der Waals surface area contributed by atoms with Crippen molar-refractivity contribution in [3.05, 3.63) is 248 Å². The van der Waals surface area contributed by atoms with Gasteiger partial charge in [-0.1, -0.05) is 188 Å². The van der Waals surface area contributed by atoms with Crippen molar-refractivity contribution in [2.24, 2.45) is 0 Å². The first-order valence-electron chi connectivity index (χ1n) is 22.3. The summed E-state index contributed by atoms with van der Waals surface area (Å²) in [6, 6.07) is 81.9. The maximum absolute atomic E-state index is 6.00. The Morgan fingerprint density at radius 1 is 0.250 bits per heavy atom. The van der Waals surface area contributed by atoms with E-state index < -0.39 is 0 Å².